The van der Waals surface area contributed by atoms with E-state index in [0.29, 0.717) is 12.0 Å². The monoisotopic (exact) mass is 198 g/mol. The minimum Gasteiger partial charge on any atom is -0.388 e. The SMILES string of the molecule is O=S1(=O)CCC(O)c2ccccc21. The number of hydrogen-bond donors (Lipinski definition) is 1. The van der Waals surface area contributed by atoms with E-state index in [1.165, 1.54) is 0 Å². The minimum absolute atomic E-state index is 0.0468. The Balaban J connectivity index is 2.68. The maximum Gasteiger partial charge on any atom is 0.178 e. The highest BCUT2D eigenvalue weighted by Crippen LogP contribution is 2.31. The molecule has 1 aromatic carbocycles. The molecule has 0 saturated heterocycles. The molecule has 0 amide bonds. The molecule has 1 aliphatic heterocycles. The van der Waals surface area contributed by atoms with Crippen LogP contribution < -0.4 is 0 Å². The number of benzene rings is 1. The number of sulfone groups is 1. The molecule has 0 radical (unpaired) electrons. The van der Waals surface area contributed by atoms with Crippen molar-refractivity contribution in [3.63, 3.8) is 0 Å². The van der Waals surface area contributed by atoms with E-state index in [2.05, 4.69) is 0 Å². The van der Waals surface area contributed by atoms with Crippen molar-refractivity contribution < 1.29 is 13.5 Å². The highest BCUT2D eigenvalue weighted by atomic mass is 32.2. The lowest BCUT2D eigenvalue weighted by molar-refractivity contribution is 0.168. The Hall–Kier alpha value is -0.870. The fourth-order valence-electron chi connectivity index (χ4n) is 1.57. The van der Waals surface area contributed by atoms with Crippen LogP contribution in [0.3, 0.4) is 0 Å². The molecular formula is C9H10O3S. The summed E-state index contributed by atoms with van der Waals surface area (Å²) in [4.78, 5) is 0.286. The van der Waals surface area contributed by atoms with Crippen LogP contribution in [0.1, 0.15) is 18.1 Å². The molecular weight excluding hydrogens is 188 g/mol. The average Bonchev–Trinajstić information content (AvgIpc) is 2.13. The third-order valence-corrected chi connectivity index (χ3v) is 4.09. The van der Waals surface area contributed by atoms with Crippen LogP contribution in [0.15, 0.2) is 29.2 Å². The Labute approximate surface area is 76.9 Å². The molecule has 0 saturated carbocycles. The van der Waals surface area contributed by atoms with Gasteiger partial charge in [0.05, 0.1) is 16.8 Å². The summed E-state index contributed by atoms with van der Waals surface area (Å²) in [5.41, 5.74) is 0.536. The van der Waals surface area contributed by atoms with Crippen molar-refractivity contribution in [2.75, 3.05) is 5.75 Å². The van der Waals surface area contributed by atoms with Crippen molar-refractivity contribution in [1.29, 1.82) is 0 Å². The Morgan fingerprint density at radius 3 is 2.69 bits per heavy atom. The molecule has 1 N–H and O–H groups in total. The maximum atomic E-state index is 11.5. The van der Waals surface area contributed by atoms with E-state index in [9.17, 15) is 13.5 Å². The average molecular weight is 198 g/mol. The van der Waals surface area contributed by atoms with E-state index in [-0.39, 0.29) is 10.6 Å². The van der Waals surface area contributed by atoms with E-state index in [0.717, 1.165) is 0 Å². The second kappa shape index (κ2) is 2.82. The fourth-order valence-corrected chi connectivity index (χ4v) is 3.17. The molecule has 1 atom stereocenters. The fraction of sp³-hybridized carbons (Fsp3) is 0.333. The van der Waals surface area contributed by atoms with Gasteiger partial charge in [0, 0.05) is 0 Å². The molecule has 1 aliphatic rings. The smallest absolute Gasteiger partial charge is 0.178 e. The van der Waals surface area contributed by atoms with Gasteiger partial charge in [-0.1, -0.05) is 18.2 Å². The second-order valence-corrected chi connectivity index (χ2v) is 5.24. The van der Waals surface area contributed by atoms with Crippen LogP contribution in [-0.4, -0.2) is 19.3 Å². The first-order chi connectivity index (χ1) is 6.11. The molecule has 70 valence electrons. The first-order valence-corrected chi connectivity index (χ1v) is 5.76. The predicted molar refractivity (Wildman–Crippen MR) is 48.1 cm³/mol. The van der Waals surface area contributed by atoms with E-state index < -0.39 is 15.9 Å². The quantitative estimate of drug-likeness (QED) is 0.673. The molecule has 1 aromatic rings. The number of rotatable bonds is 0. The van der Waals surface area contributed by atoms with Gasteiger partial charge in [-0.2, -0.15) is 0 Å². The number of fused-ring (bicyclic) bond motifs is 1. The van der Waals surface area contributed by atoms with Crippen LogP contribution in [0.25, 0.3) is 0 Å². The first-order valence-electron chi connectivity index (χ1n) is 4.11. The van der Waals surface area contributed by atoms with Crippen molar-refractivity contribution in [3.8, 4) is 0 Å². The van der Waals surface area contributed by atoms with Gasteiger partial charge in [0.2, 0.25) is 0 Å². The number of aliphatic hydroxyl groups excluding tert-OH is 1. The third-order valence-electron chi connectivity index (χ3n) is 2.27. The van der Waals surface area contributed by atoms with E-state index in [1.807, 2.05) is 0 Å². The maximum absolute atomic E-state index is 11.5. The molecule has 1 unspecified atom stereocenters. The summed E-state index contributed by atoms with van der Waals surface area (Å²) in [6.45, 7) is 0. The molecule has 3 nitrogen and oxygen atoms in total. The summed E-state index contributed by atoms with van der Waals surface area (Å²) in [5, 5.41) is 9.53. The lowest BCUT2D eigenvalue weighted by Crippen LogP contribution is -2.19. The summed E-state index contributed by atoms with van der Waals surface area (Å²) < 4.78 is 23.0. The lowest BCUT2D eigenvalue weighted by atomic mass is 10.1. The predicted octanol–water partition coefficient (Wildman–Crippen LogP) is 0.897. The van der Waals surface area contributed by atoms with Crippen LogP contribution >= 0.6 is 0 Å². The number of aliphatic hydroxyl groups is 1. The highest BCUT2D eigenvalue weighted by Gasteiger charge is 2.28. The van der Waals surface area contributed by atoms with E-state index in [4.69, 9.17) is 0 Å². The van der Waals surface area contributed by atoms with Crippen LogP contribution in [0.5, 0.6) is 0 Å². The molecule has 0 aliphatic carbocycles. The van der Waals surface area contributed by atoms with Gasteiger partial charge in [0.25, 0.3) is 0 Å². The zero-order valence-corrected chi connectivity index (χ0v) is 7.79. The van der Waals surface area contributed by atoms with Gasteiger partial charge < -0.3 is 5.11 Å². The summed E-state index contributed by atoms with van der Waals surface area (Å²) >= 11 is 0. The summed E-state index contributed by atoms with van der Waals surface area (Å²) in [6, 6.07) is 6.63. The Bertz CT molecular complexity index is 422. The summed E-state index contributed by atoms with van der Waals surface area (Å²) in [5.74, 6) is 0.0468. The first kappa shape index (κ1) is 8.72. The normalized spacial score (nSPS) is 25.2. The highest BCUT2D eigenvalue weighted by molar-refractivity contribution is 7.91. The van der Waals surface area contributed by atoms with Gasteiger partial charge in [-0.15, -0.1) is 0 Å². The molecule has 0 fully saturated rings. The van der Waals surface area contributed by atoms with Gasteiger partial charge in [-0.3, -0.25) is 0 Å². The molecule has 2 rings (SSSR count). The van der Waals surface area contributed by atoms with Gasteiger partial charge in [0.15, 0.2) is 9.84 Å². The Morgan fingerprint density at radius 1 is 1.31 bits per heavy atom. The van der Waals surface area contributed by atoms with Gasteiger partial charge >= 0.3 is 0 Å². The van der Waals surface area contributed by atoms with Gasteiger partial charge in [0.1, 0.15) is 0 Å². The molecule has 0 spiro atoms. The Morgan fingerprint density at radius 2 is 2.00 bits per heavy atom. The van der Waals surface area contributed by atoms with Crippen molar-refractivity contribution in [2.45, 2.75) is 17.4 Å². The molecule has 0 aromatic heterocycles. The lowest BCUT2D eigenvalue weighted by Gasteiger charge is -2.20. The van der Waals surface area contributed by atoms with Gasteiger partial charge in [-0.05, 0) is 18.1 Å². The summed E-state index contributed by atoms with van der Waals surface area (Å²) in [7, 11) is -3.13. The topological polar surface area (TPSA) is 54.4 Å². The zero-order valence-electron chi connectivity index (χ0n) is 6.97. The van der Waals surface area contributed by atoms with E-state index in [1.54, 1.807) is 24.3 Å². The Kier molecular flexibility index (Phi) is 1.89. The van der Waals surface area contributed by atoms with Crippen LogP contribution in [-0.2, 0) is 9.84 Å². The molecule has 13 heavy (non-hydrogen) atoms. The minimum atomic E-state index is -3.13. The van der Waals surface area contributed by atoms with Crippen LogP contribution in [0.4, 0.5) is 0 Å². The number of hydrogen-bond acceptors (Lipinski definition) is 3. The van der Waals surface area contributed by atoms with Crippen molar-refractivity contribution in [1.82, 2.24) is 0 Å². The van der Waals surface area contributed by atoms with Crippen LogP contribution in [0.2, 0.25) is 0 Å². The van der Waals surface area contributed by atoms with Crippen molar-refractivity contribution in [2.24, 2.45) is 0 Å². The third kappa shape index (κ3) is 1.36. The molecule has 1 heterocycles. The van der Waals surface area contributed by atoms with E-state index >= 15 is 0 Å². The standard InChI is InChI=1S/C9H10O3S/c10-8-5-6-13(11,12)9-4-2-1-3-7(8)9/h1-4,8,10H,5-6H2. The largest absolute Gasteiger partial charge is 0.388 e. The zero-order chi connectivity index (χ0) is 9.47. The van der Waals surface area contributed by atoms with Crippen molar-refractivity contribution in [3.05, 3.63) is 29.8 Å². The molecule has 0 bridgehead atoms. The molecule has 4 heteroatoms. The van der Waals surface area contributed by atoms with Gasteiger partial charge in [-0.25, -0.2) is 8.42 Å². The van der Waals surface area contributed by atoms with Crippen molar-refractivity contribution >= 4 is 9.84 Å². The van der Waals surface area contributed by atoms with Crippen LogP contribution in [0, 0.1) is 0 Å². The second-order valence-electron chi connectivity index (χ2n) is 3.16. The summed E-state index contributed by atoms with van der Waals surface area (Å²) in [6.07, 6.45) is -0.320.